The van der Waals surface area contributed by atoms with Gasteiger partial charge in [0.15, 0.2) is 11.6 Å². The summed E-state index contributed by atoms with van der Waals surface area (Å²) in [5.74, 6) is -3.96. The number of carbonyl (C=O) groups is 2. The zero-order valence-corrected chi connectivity index (χ0v) is 12.0. The van der Waals surface area contributed by atoms with Crippen molar-refractivity contribution in [1.82, 2.24) is 5.32 Å². The lowest BCUT2D eigenvalue weighted by molar-refractivity contribution is -0.138. The lowest BCUT2D eigenvalue weighted by atomic mass is 9.94. The van der Waals surface area contributed by atoms with Crippen LogP contribution in [-0.2, 0) is 4.79 Å². The largest absolute Gasteiger partial charge is 0.481 e. The van der Waals surface area contributed by atoms with Crippen LogP contribution in [0.25, 0.3) is 0 Å². The fraction of sp³-hybridized carbons (Fsp3) is 0.467. The van der Waals surface area contributed by atoms with E-state index in [1.807, 2.05) is 13.8 Å². The number of rotatable bonds is 7. The molecule has 0 fully saturated rings. The maximum atomic E-state index is 13.5. The van der Waals surface area contributed by atoms with Gasteiger partial charge in [-0.2, -0.15) is 0 Å². The predicted octanol–water partition coefficient (Wildman–Crippen LogP) is 2.83. The number of amides is 1. The Morgan fingerprint density at radius 3 is 2.52 bits per heavy atom. The molecule has 2 N–H and O–H groups in total. The maximum Gasteiger partial charge on any atom is 0.303 e. The summed E-state index contributed by atoms with van der Waals surface area (Å²) in [6, 6.07) is 3.36. The first-order valence-corrected chi connectivity index (χ1v) is 6.75. The van der Waals surface area contributed by atoms with E-state index in [1.165, 1.54) is 12.1 Å². The monoisotopic (exact) mass is 299 g/mol. The van der Waals surface area contributed by atoms with Gasteiger partial charge in [0.25, 0.3) is 5.91 Å². The molecular formula is C15H19F2NO3. The van der Waals surface area contributed by atoms with E-state index in [9.17, 15) is 18.4 Å². The molecule has 1 rings (SSSR count). The second kappa shape index (κ2) is 7.71. The number of halogens is 2. The van der Waals surface area contributed by atoms with E-state index in [-0.39, 0.29) is 30.4 Å². The maximum absolute atomic E-state index is 13.5. The van der Waals surface area contributed by atoms with Crippen molar-refractivity contribution < 1.29 is 23.5 Å². The zero-order valence-electron chi connectivity index (χ0n) is 12.0. The first kappa shape index (κ1) is 17.1. The molecule has 1 aromatic carbocycles. The Hall–Kier alpha value is -1.98. The van der Waals surface area contributed by atoms with Crippen LogP contribution in [0.15, 0.2) is 18.2 Å². The third-order valence-corrected chi connectivity index (χ3v) is 3.02. The first-order chi connectivity index (χ1) is 9.81. The van der Waals surface area contributed by atoms with Gasteiger partial charge in [-0.15, -0.1) is 0 Å². The molecule has 0 aliphatic rings. The highest BCUT2D eigenvalue weighted by Gasteiger charge is 2.19. The second-order valence-corrected chi connectivity index (χ2v) is 5.40. The zero-order chi connectivity index (χ0) is 16.0. The van der Waals surface area contributed by atoms with Crippen LogP contribution in [0.2, 0.25) is 0 Å². The Kier molecular flexibility index (Phi) is 6.27. The molecule has 0 bridgehead atoms. The molecular weight excluding hydrogens is 280 g/mol. The molecule has 1 unspecified atom stereocenters. The van der Waals surface area contributed by atoms with Gasteiger partial charge in [0, 0.05) is 13.0 Å². The Labute approximate surface area is 122 Å². The van der Waals surface area contributed by atoms with Gasteiger partial charge in [-0.05, 0) is 30.4 Å². The van der Waals surface area contributed by atoms with Gasteiger partial charge in [0.1, 0.15) is 0 Å². The van der Waals surface area contributed by atoms with Gasteiger partial charge in [-0.3, -0.25) is 9.59 Å². The average Bonchev–Trinajstić information content (AvgIpc) is 2.37. The van der Waals surface area contributed by atoms with E-state index >= 15 is 0 Å². The summed E-state index contributed by atoms with van der Waals surface area (Å²) < 4.78 is 26.5. The number of carboxylic acids is 1. The quantitative estimate of drug-likeness (QED) is 0.813. The molecule has 0 saturated heterocycles. The van der Waals surface area contributed by atoms with Gasteiger partial charge < -0.3 is 10.4 Å². The number of nitrogens with one attached hydrogen (secondary N) is 1. The van der Waals surface area contributed by atoms with Crippen molar-refractivity contribution in [2.45, 2.75) is 26.7 Å². The molecule has 0 aromatic heterocycles. The van der Waals surface area contributed by atoms with Crippen molar-refractivity contribution in [3.05, 3.63) is 35.4 Å². The Bertz CT molecular complexity index is 518. The van der Waals surface area contributed by atoms with Crippen molar-refractivity contribution in [1.29, 1.82) is 0 Å². The van der Waals surface area contributed by atoms with Crippen LogP contribution in [0.3, 0.4) is 0 Å². The van der Waals surface area contributed by atoms with Crippen LogP contribution >= 0.6 is 0 Å². The van der Waals surface area contributed by atoms with Gasteiger partial charge in [-0.1, -0.05) is 19.9 Å². The van der Waals surface area contributed by atoms with E-state index < -0.39 is 23.5 Å². The van der Waals surface area contributed by atoms with E-state index in [1.54, 1.807) is 0 Å². The normalized spacial score (nSPS) is 12.2. The van der Waals surface area contributed by atoms with Crippen LogP contribution in [0.4, 0.5) is 8.78 Å². The Morgan fingerprint density at radius 2 is 1.95 bits per heavy atom. The molecule has 0 aliphatic heterocycles. The SMILES string of the molecule is CC(C)CC(CNC(=O)c1cccc(F)c1F)CC(=O)O. The van der Waals surface area contributed by atoms with Crippen LogP contribution < -0.4 is 5.32 Å². The molecule has 0 radical (unpaired) electrons. The molecule has 116 valence electrons. The molecule has 0 saturated carbocycles. The number of carbonyl (C=O) groups excluding carboxylic acids is 1. The minimum atomic E-state index is -1.20. The summed E-state index contributed by atoms with van der Waals surface area (Å²) in [5, 5.41) is 11.3. The van der Waals surface area contributed by atoms with Crippen molar-refractivity contribution >= 4 is 11.9 Å². The molecule has 0 aliphatic carbocycles. The molecule has 1 atom stereocenters. The molecule has 21 heavy (non-hydrogen) atoms. The van der Waals surface area contributed by atoms with Crippen molar-refractivity contribution in [2.75, 3.05) is 6.54 Å². The van der Waals surface area contributed by atoms with Crippen LogP contribution in [0, 0.1) is 23.5 Å². The number of benzene rings is 1. The number of hydrogen-bond donors (Lipinski definition) is 2. The van der Waals surface area contributed by atoms with Crippen molar-refractivity contribution in [2.24, 2.45) is 11.8 Å². The minimum absolute atomic E-state index is 0.0793. The van der Waals surface area contributed by atoms with Crippen LogP contribution in [0.1, 0.15) is 37.0 Å². The summed E-state index contributed by atoms with van der Waals surface area (Å²) in [4.78, 5) is 22.6. The highest BCUT2D eigenvalue weighted by Crippen LogP contribution is 2.16. The fourth-order valence-corrected chi connectivity index (χ4v) is 2.16. The molecule has 0 spiro atoms. The smallest absolute Gasteiger partial charge is 0.303 e. The van der Waals surface area contributed by atoms with Crippen molar-refractivity contribution in [3.8, 4) is 0 Å². The molecule has 0 heterocycles. The summed E-state index contributed by atoms with van der Waals surface area (Å²) >= 11 is 0. The summed E-state index contributed by atoms with van der Waals surface area (Å²) in [6.45, 7) is 4.01. The summed E-state index contributed by atoms with van der Waals surface area (Å²) in [6.07, 6.45) is 0.544. The van der Waals surface area contributed by atoms with E-state index in [0.29, 0.717) is 6.42 Å². The Balaban J connectivity index is 2.68. The summed E-state index contributed by atoms with van der Waals surface area (Å²) in [7, 11) is 0. The molecule has 1 amide bonds. The van der Waals surface area contributed by atoms with Crippen LogP contribution in [0.5, 0.6) is 0 Å². The van der Waals surface area contributed by atoms with E-state index in [0.717, 1.165) is 6.07 Å². The van der Waals surface area contributed by atoms with Gasteiger partial charge in [0.2, 0.25) is 0 Å². The summed E-state index contributed by atoms with van der Waals surface area (Å²) in [5.41, 5.74) is -0.381. The highest BCUT2D eigenvalue weighted by atomic mass is 19.2. The lowest BCUT2D eigenvalue weighted by Crippen LogP contribution is -2.31. The van der Waals surface area contributed by atoms with Crippen molar-refractivity contribution in [3.63, 3.8) is 0 Å². The van der Waals surface area contributed by atoms with Gasteiger partial charge in [-0.25, -0.2) is 8.78 Å². The van der Waals surface area contributed by atoms with Gasteiger partial charge in [0.05, 0.1) is 5.56 Å². The van der Waals surface area contributed by atoms with E-state index in [2.05, 4.69) is 5.32 Å². The Morgan fingerprint density at radius 1 is 1.29 bits per heavy atom. The highest BCUT2D eigenvalue weighted by molar-refractivity contribution is 5.94. The number of hydrogen-bond acceptors (Lipinski definition) is 2. The fourth-order valence-electron chi connectivity index (χ4n) is 2.16. The lowest BCUT2D eigenvalue weighted by Gasteiger charge is -2.18. The predicted molar refractivity (Wildman–Crippen MR) is 73.9 cm³/mol. The third kappa shape index (κ3) is 5.49. The first-order valence-electron chi connectivity index (χ1n) is 6.75. The average molecular weight is 299 g/mol. The second-order valence-electron chi connectivity index (χ2n) is 5.40. The molecule has 6 heteroatoms. The molecule has 1 aromatic rings. The molecule has 4 nitrogen and oxygen atoms in total. The minimum Gasteiger partial charge on any atom is -0.481 e. The van der Waals surface area contributed by atoms with Crippen LogP contribution in [-0.4, -0.2) is 23.5 Å². The number of carboxylic acid groups (broad SMARTS) is 1. The standard InChI is InChI=1S/C15H19F2NO3/c1-9(2)6-10(7-13(19)20)8-18-15(21)11-4-3-5-12(16)14(11)17/h3-5,9-10H,6-8H2,1-2H3,(H,18,21)(H,19,20). The topological polar surface area (TPSA) is 66.4 Å². The van der Waals surface area contributed by atoms with Gasteiger partial charge >= 0.3 is 5.97 Å². The third-order valence-electron chi connectivity index (χ3n) is 3.02. The van der Waals surface area contributed by atoms with E-state index in [4.69, 9.17) is 5.11 Å². The number of aliphatic carboxylic acids is 1.